The smallest absolute Gasteiger partial charge is 0.371 e. The third-order valence-electron chi connectivity index (χ3n) is 2.57. The summed E-state index contributed by atoms with van der Waals surface area (Å²) in [7, 11) is 0. The molecule has 0 saturated heterocycles. The average Bonchev–Trinajstić information content (AvgIpc) is 2.46. The fourth-order valence-electron chi connectivity index (χ4n) is 1.75. The topological polar surface area (TPSA) is 44.8 Å². The summed E-state index contributed by atoms with van der Waals surface area (Å²) >= 11 is 0. The van der Waals surface area contributed by atoms with Crippen LogP contribution in [0, 0.1) is 0 Å². The molecule has 20 heavy (non-hydrogen) atoms. The maximum Gasteiger partial charge on any atom is 0.371 e. The van der Waals surface area contributed by atoms with Gasteiger partial charge >= 0.3 is 5.97 Å². The van der Waals surface area contributed by atoms with E-state index in [1.54, 1.807) is 19.1 Å². The third-order valence-corrected chi connectivity index (χ3v) is 2.57. The van der Waals surface area contributed by atoms with E-state index in [0.717, 1.165) is 5.56 Å². The van der Waals surface area contributed by atoms with Crippen LogP contribution in [0.15, 0.2) is 36.4 Å². The molecule has 0 N–H and O–H groups in total. The largest absolute Gasteiger partial charge is 0.462 e. The lowest BCUT2D eigenvalue weighted by Gasteiger charge is -2.27. The molecule has 0 aliphatic heterocycles. The predicted octanol–water partition coefficient (Wildman–Crippen LogP) is 3.03. The normalized spacial score (nSPS) is 11.8. The highest BCUT2D eigenvalue weighted by Gasteiger charge is 2.39. The van der Waals surface area contributed by atoms with Crippen LogP contribution in [-0.4, -0.2) is 31.6 Å². The number of hydrogen-bond acceptors (Lipinski definition) is 4. The van der Waals surface area contributed by atoms with E-state index in [4.69, 9.17) is 14.2 Å². The van der Waals surface area contributed by atoms with Gasteiger partial charge in [-0.15, -0.1) is 0 Å². The van der Waals surface area contributed by atoms with Crippen LogP contribution in [-0.2, 0) is 19.0 Å². The predicted molar refractivity (Wildman–Crippen MR) is 78.1 cm³/mol. The molecule has 0 saturated carbocycles. The fraction of sp³-hybridized carbons (Fsp3) is 0.438. The second-order valence-corrected chi connectivity index (χ2v) is 4.00. The average molecular weight is 278 g/mol. The van der Waals surface area contributed by atoms with Gasteiger partial charge in [0.2, 0.25) is 0 Å². The molecule has 0 atom stereocenters. The highest BCUT2D eigenvalue weighted by molar-refractivity contribution is 5.81. The minimum Gasteiger partial charge on any atom is -0.462 e. The van der Waals surface area contributed by atoms with Gasteiger partial charge in [0.05, 0.1) is 6.61 Å². The Labute approximate surface area is 120 Å². The first-order valence-electron chi connectivity index (χ1n) is 6.88. The molecule has 1 aromatic carbocycles. The third kappa shape index (κ3) is 4.47. The molecule has 0 unspecified atom stereocenters. The van der Waals surface area contributed by atoms with Gasteiger partial charge in [-0.25, -0.2) is 4.79 Å². The summed E-state index contributed by atoms with van der Waals surface area (Å²) in [4.78, 5) is 12.1. The molecule has 0 aliphatic carbocycles. The number of esters is 1. The van der Waals surface area contributed by atoms with Crippen LogP contribution in [0.2, 0.25) is 0 Å². The minimum atomic E-state index is -1.48. The van der Waals surface area contributed by atoms with Gasteiger partial charge in [0.1, 0.15) is 0 Å². The number of ether oxygens (including phenoxy) is 3. The summed E-state index contributed by atoms with van der Waals surface area (Å²) in [5, 5.41) is 0. The summed E-state index contributed by atoms with van der Waals surface area (Å²) in [5.74, 6) is -2.01. The molecule has 0 spiro atoms. The van der Waals surface area contributed by atoms with E-state index >= 15 is 0 Å². The number of carbonyl (C=O) groups excluding carboxylic acids is 1. The molecule has 4 nitrogen and oxygen atoms in total. The zero-order valence-corrected chi connectivity index (χ0v) is 12.3. The Balaban J connectivity index is 3.01. The van der Waals surface area contributed by atoms with Crippen molar-refractivity contribution in [1.82, 2.24) is 0 Å². The van der Waals surface area contributed by atoms with Crippen molar-refractivity contribution >= 4 is 12.0 Å². The van der Waals surface area contributed by atoms with Crippen molar-refractivity contribution in [3.8, 4) is 0 Å². The molecule has 4 heteroatoms. The standard InChI is InChI=1S/C16H22O4/c1-4-18-15(17)16(19-5-2,20-6-3)13-12-14-10-8-7-9-11-14/h7-13H,4-6H2,1-3H3. The number of hydrogen-bond donors (Lipinski definition) is 0. The Morgan fingerprint density at radius 1 is 1.05 bits per heavy atom. The molecule has 0 heterocycles. The molecule has 0 amide bonds. The molecular weight excluding hydrogens is 256 g/mol. The van der Waals surface area contributed by atoms with Gasteiger partial charge in [0.15, 0.2) is 0 Å². The first-order chi connectivity index (χ1) is 9.68. The van der Waals surface area contributed by atoms with Crippen molar-refractivity contribution in [3.63, 3.8) is 0 Å². The van der Waals surface area contributed by atoms with Crippen LogP contribution in [0.5, 0.6) is 0 Å². The summed E-state index contributed by atoms with van der Waals surface area (Å²) in [5.41, 5.74) is 0.959. The van der Waals surface area contributed by atoms with E-state index in [-0.39, 0.29) is 6.61 Å². The van der Waals surface area contributed by atoms with Crippen molar-refractivity contribution < 1.29 is 19.0 Å². The van der Waals surface area contributed by atoms with Crippen LogP contribution < -0.4 is 0 Å². The van der Waals surface area contributed by atoms with Crippen LogP contribution in [0.4, 0.5) is 0 Å². The molecule has 0 radical (unpaired) electrons. The lowest BCUT2D eigenvalue weighted by molar-refractivity contribution is -0.224. The molecular formula is C16H22O4. The highest BCUT2D eigenvalue weighted by atomic mass is 16.7. The maximum atomic E-state index is 12.1. The molecule has 0 fully saturated rings. The minimum absolute atomic E-state index is 0.278. The van der Waals surface area contributed by atoms with E-state index in [1.807, 2.05) is 44.2 Å². The van der Waals surface area contributed by atoms with E-state index in [2.05, 4.69) is 0 Å². The first-order valence-corrected chi connectivity index (χ1v) is 6.88. The van der Waals surface area contributed by atoms with E-state index in [1.165, 1.54) is 0 Å². The molecule has 1 aromatic rings. The first kappa shape index (κ1) is 16.4. The van der Waals surface area contributed by atoms with Gasteiger partial charge in [-0.05, 0) is 32.4 Å². The Morgan fingerprint density at radius 2 is 1.65 bits per heavy atom. The van der Waals surface area contributed by atoms with E-state index in [9.17, 15) is 4.79 Å². The van der Waals surface area contributed by atoms with Gasteiger partial charge in [0, 0.05) is 13.2 Å². The SMILES string of the molecule is CCOC(=O)C(C=Cc1ccccc1)(OCC)OCC. The number of carbonyl (C=O) groups is 1. The molecule has 0 bridgehead atoms. The Hall–Kier alpha value is -1.65. The summed E-state index contributed by atoms with van der Waals surface area (Å²) in [6, 6.07) is 9.65. The number of benzene rings is 1. The van der Waals surface area contributed by atoms with Gasteiger partial charge in [-0.3, -0.25) is 0 Å². The van der Waals surface area contributed by atoms with Crippen molar-refractivity contribution in [1.29, 1.82) is 0 Å². The molecule has 110 valence electrons. The van der Waals surface area contributed by atoms with E-state index < -0.39 is 11.8 Å². The molecule has 0 aliphatic rings. The number of rotatable bonds is 8. The van der Waals surface area contributed by atoms with Crippen molar-refractivity contribution in [2.24, 2.45) is 0 Å². The lowest BCUT2D eigenvalue weighted by Crippen LogP contribution is -2.44. The van der Waals surface area contributed by atoms with Crippen LogP contribution in [0.1, 0.15) is 26.3 Å². The van der Waals surface area contributed by atoms with E-state index in [0.29, 0.717) is 13.2 Å². The van der Waals surface area contributed by atoms with Gasteiger partial charge < -0.3 is 14.2 Å². The van der Waals surface area contributed by atoms with Crippen LogP contribution >= 0.6 is 0 Å². The Morgan fingerprint density at radius 3 is 2.15 bits per heavy atom. The van der Waals surface area contributed by atoms with Crippen LogP contribution in [0.25, 0.3) is 6.08 Å². The van der Waals surface area contributed by atoms with Crippen molar-refractivity contribution in [2.75, 3.05) is 19.8 Å². The Bertz CT molecular complexity index is 419. The van der Waals surface area contributed by atoms with Gasteiger partial charge in [0.25, 0.3) is 5.79 Å². The zero-order valence-electron chi connectivity index (χ0n) is 12.3. The van der Waals surface area contributed by atoms with Crippen LogP contribution in [0.3, 0.4) is 0 Å². The van der Waals surface area contributed by atoms with Gasteiger partial charge in [-0.1, -0.05) is 36.4 Å². The lowest BCUT2D eigenvalue weighted by atomic mass is 10.1. The molecule has 1 rings (SSSR count). The zero-order chi connectivity index (χ0) is 14.8. The van der Waals surface area contributed by atoms with Gasteiger partial charge in [-0.2, -0.15) is 0 Å². The fourth-order valence-corrected chi connectivity index (χ4v) is 1.75. The second-order valence-electron chi connectivity index (χ2n) is 4.00. The summed E-state index contributed by atoms with van der Waals surface area (Å²) in [6.07, 6.45) is 3.40. The van der Waals surface area contributed by atoms with Crippen molar-refractivity contribution in [2.45, 2.75) is 26.6 Å². The summed E-state index contributed by atoms with van der Waals surface area (Å²) < 4.78 is 16.1. The summed E-state index contributed by atoms with van der Waals surface area (Å²) in [6.45, 7) is 6.34. The highest BCUT2D eigenvalue weighted by Crippen LogP contribution is 2.20. The molecule has 0 aromatic heterocycles. The Kier molecular flexibility index (Phi) is 6.98. The second kappa shape index (κ2) is 8.51. The monoisotopic (exact) mass is 278 g/mol. The quantitative estimate of drug-likeness (QED) is 0.541. The van der Waals surface area contributed by atoms with Crippen molar-refractivity contribution in [3.05, 3.63) is 42.0 Å². The maximum absolute atomic E-state index is 12.1.